The summed E-state index contributed by atoms with van der Waals surface area (Å²) in [7, 11) is 0. The van der Waals surface area contributed by atoms with Gasteiger partial charge >= 0.3 is 0 Å². The molecule has 3 aromatic carbocycles. The fraction of sp³-hybridized carbons (Fsp3) is 0.333. The first-order valence-corrected chi connectivity index (χ1v) is 16.4. The van der Waals surface area contributed by atoms with E-state index >= 15 is 0 Å². The number of phenolic OH excluding ortho intramolecular Hbond substituents is 1. The highest BCUT2D eigenvalue weighted by Gasteiger charge is 2.77. The number of carbonyl (C=O) groups excluding carboxylic acids is 4. The molecule has 6 atom stereocenters. The fourth-order valence-electron chi connectivity index (χ4n) is 7.92. The Balaban J connectivity index is 1.40. The summed E-state index contributed by atoms with van der Waals surface area (Å²) >= 11 is 14.8. The predicted molar refractivity (Wildman–Crippen MR) is 174 cm³/mol. The number of hydrogen-bond donors (Lipinski definition) is 1. The number of halogens is 3. The molecule has 0 spiro atoms. The number of phenols is 1. The van der Waals surface area contributed by atoms with Crippen molar-refractivity contribution < 1.29 is 33.4 Å². The normalized spacial score (nSPS) is 29.9. The van der Waals surface area contributed by atoms with Crippen molar-refractivity contribution in [2.75, 3.05) is 16.4 Å². The Kier molecular flexibility index (Phi) is 7.48. The van der Waals surface area contributed by atoms with Crippen molar-refractivity contribution in [2.24, 2.45) is 17.8 Å². The number of amides is 4. The van der Waals surface area contributed by atoms with Gasteiger partial charge in [-0.3, -0.25) is 24.1 Å². The maximum absolute atomic E-state index is 14.5. The maximum atomic E-state index is 14.5. The Morgan fingerprint density at radius 3 is 2.19 bits per heavy atom. The smallest absolute Gasteiger partial charge is 0.258 e. The molecule has 2 heterocycles. The van der Waals surface area contributed by atoms with Crippen LogP contribution in [0.2, 0.25) is 0 Å². The topological polar surface area (TPSA) is 104 Å². The first-order valence-electron chi connectivity index (χ1n) is 15.6. The number of fused-ring (bicyclic) bond motifs is 4. The number of anilines is 2. The van der Waals surface area contributed by atoms with Crippen molar-refractivity contribution in [3.63, 3.8) is 0 Å². The van der Waals surface area contributed by atoms with Gasteiger partial charge in [0.05, 0.1) is 29.8 Å². The summed E-state index contributed by atoms with van der Waals surface area (Å²) < 4.78 is 19.5. The minimum absolute atomic E-state index is 0.0746. The minimum atomic E-state index is -2.17. The van der Waals surface area contributed by atoms with Gasteiger partial charge in [-0.05, 0) is 80.1 Å². The molecule has 47 heavy (non-hydrogen) atoms. The third-order valence-corrected chi connectivity index (χ3v) is 11.6. The Morgan fingerprint density at radius 1 is 0.872 bits per heavy atom. The number of allylic oxidation sites excluding steroid dienone is 2. The highest BCUT2D eigenvalue weighted by atomic mass is 35.5. The fourth-order valence-corrected chi connectivity index (χ4v) is 8.85. The summed E-state index contributed by atoms with van der Waals surface area (Å²) in [5.74, 6) is -6.76. The quantitative estimate of drug-likeness (QED) is 0.188. The molecule has 2 aliphatic heterocycles. The Morgan fingerprint density at radius 2 is 1.53 bits per heavy atom. The number of rotatable bonds is 6. The van der Waals surface area contributed by atoms with Gasteiger partial charge in [-0.2, -0.15) is 0 Å². The van der Waals surface area contributed by atoms with Gasteiger partial charge in [-0.15, -0.1) is 23.2 Å². The number of alkyl halides is 2. The van der Waals surface area contributed by atoms with E-state index in [-0.39, 0.29) is 48.1 Å². The van der Waals surface area contributed by atoms with Gasteiger partial charge in [0.15, 0.2) is 21.2 Å². The van der Waals surface area contributed by atoms with Crippen LogP contribution < -0.4 is 14.5 Å². The van der Waals surface area contributed by atoms with Crippen molar-refractivity contribution in [1.29, 1.82) is 0 Å². The summed E-state index contributed by atoms with van der Waals surface area (Å²) in [6.45, 7) is 4.00. The second-order valence-corrected chi connectivity index (χ2v) is 13.7. The van der Waals surface area contributed by atoms with Gasteiger partial charge in [0.1, 0.15) is 5.82 Å². The van der Waals surface area contributed by atoms with Crippen LogP contribution in [0.3, 0.4) is 0 Å². The van der Waals surface area contributed by atoms with Gasteiger partial charge in [0.25, 0.3) is 11.8 Å². The van der Waals surface area contributed by atoms with Crippen molar-refractivity contribution in [1.82, 2.24) is 0 Å². The summed E-state index contributed by atoms with van der Waals surface area (Å²) in [4.78, 5) is 54.8. The number of para-hydroxylation sites is 1. The van der Waals surface area contributed by atoms with Crippen LogP contribution >= 0.6 is 23.2 Å². The van der Waals surface area contributed by atoms with Crippen molar-refractivity contribution in [3.8, 4) is 11.5 Å². The van der Waals surface area contributed by atoms with Crippen molar-refractivity contribution >= 4 is 58.2 Å². The first kappa shape index (κ1) is 31.4. The molecule has 2 saturated heterocycles. The predicted octanol–water partition coefficient (Wildman–Crippen LogP) is 6.26. The Hall–Kier alpha value is -4.21. The van der Waals surface area contributed by atoms with Gasteiger partial charge in [0, 0.05) is 11.5 Å². The zero-order valence-electron chi connectivity index (χ0n) is 25.6. The molecule has 4 aliphatic rings. The molecular formula is C36H31Cl2FN2O6. The average molecular weight is 678 g/mol. The van der Waals surface area contributed by atoms with Gasteiger partial charge < -0.3 is 9.84 Å². The van der Waals surface area contributed by atoms with Crippen LogP contribution in [0.5, 0.6) is 11.5 Å². The standard InChI is InChI=1S/C36H31Cl2FN2O6/c1-3-19-8-12-21(13-9-19)40-31(43)24-17-16-23-26(28(24)32(40)44)18-35(37)33(45)41(22-14-10-20(39)11-15-22)34(46)36(35,38)29(23)25-6-5-7-27(30(25)42)47-4-2/h5-16,24,26,28-29,42H,3-4,17-18H2,1-2H3/t24-,26+,28-,29+,35+,36-/m0/s1. The van der Waals surface area contributed by atoms with E-state index in [1.54, 1.807) is 43.3 Å². The molecule has 7 rings (SSSR count). The number of hydrogen-bond acceptors (Lipinski definition) is 6. The first-order chi connectivity index (χ1) is 22.5. The molecule has 0 aromatic heterocycles. The van der Waals surface area contributed by atoms with Crippen LogP contribution in [0.4, 0.5) is 15.8 Å². The van der Waals surface area contributed by atoms with Crippen molar-refractivity contribution in [3.05, 3.63) is 95.3 Å². The third-order valence-electron chi connectivity index (χ3n) is 10.1. The van der Waals surface area contributed by atoms with Crippen LogP contribution in [0.15, 0.2) is 78.4 Å². The Labute approximate surface area is 280 Å². The van der Waals surface area contributed by atoms with E-state index in [0.717, 1.165) is 29.0 Å². The van der Waals surface area contributed by atoms with E-state index in [2.05, 4.69) is 0 Å². The number of nitrogens with zero attached hydrogens (tertiary/aromatic N) is 2. The molecular weight excluding hydrogens is 646 g/mol. The maximum Gasteiger partial charge on any atom is 0.258 e. The highest BCUT2D eigenvalue weighted by molar-refractivity contribution is 6.58. The summed E-state index contributed by atoms with van der Waals surface area (Å²) in [6, 6.07) is 16.8. The third kappa shape index (κ3) is 4.32. The SMILES string of the molecule is CCOc1cccc([C@H]2C3=CC[C@@H]4C(=O)N(c5ccc(CC)cc5)C(=O)[C@@H]4[C@@H]3C[C@@]3(Cl)C(=O)N(c4ccc(F)cc4)C(=O)[C@@]23Cl)c1O. The second kappa shape index (κ2) is 11.2. The molecule has 3 aromatic rings. The van der Waals surface area contributed by atoms with Crippen LogP contribution in [-0.2, 0) is 25.6 Å². The van der Waals surface area contributed by atoms with E-state index in [1.807, 2.05) is 19.1 Å². The lowest BCUT2D eigenvalue weighted by molar-refractivity contribution is -0.125. The number of benzene rings is 3. The molecule has 1 N–H and O–H groups in total. The van der Waals surface area contributed by atoms with E-state index in [4.69, 9.17) is 27.9 Å². The van der Waals surface area contributed by atoms with Crippen LogP contribution in [0, 0.1) is 23.6 Å². The average Bonchev–Trinajstić information content (AvgIpc) is 3.40. The molecule has 2 aliphatic carbocycles. The molecule has 1 saturated carbocycles. The number of aromatic hydroxyl groups is 1. The molecule has 11 heteroatoms. The lowest BCUT2D eigenvalue weighted by Crippen LogP contribution is -2.60. The van der Waals surface area contributed by atoms with E-state index in [0.29, 0.717) is 11.3 Å². The molecule has 0 unspecified atom stereocenters. The molecule has 8 nitrogen and oxygen atoms in total. The van der Waals surface area contributed by atoms with E-state index in [9.17, 15) is 28.7 Å². The number of aryl methyl sites for hydroxylation is 1. The number of carbonyl (C=O) groups is 4. The highest BCUT2D eigenvalue weighted by Crippen LogP contribution is 2.66. The summed E-state index contributed by atoms with van der Waals surface area (Å²) in [6.07, 6.45) is 2.55. The van der Waals surface area contributed by atoms with Crippen LogP contribution in [-0.4, -0.2) is 45.1 Å². The molecule has 3 fully saturated rings. The van der Waals surface area contributed by atoms with E-state index < -0.39 is 57.0 Å². The molecule has 0 radical (unpaired) electrons. The number of ether oxygens (including phenoxy) is 1. The number of imide groups is 2. The zero-order chi connectivity index (χ0) is 33.4. The zero-order valence-corrected chi connectivity index (χ0v) is 27.1. The molecule has 242 valence electrons. The van der Waals surface area contributed by atoms with Crippen LogP contribution in [0.25, 0.3) is 0 Å². The van der Waals surface area contributed by atoms with E-state index in [1.165, 1.54) is 17.0 Å². The van der Waals surface area contributed by atoms with Gasteiger partial charge in [-0.25, -0.2) is 9.29 Å². The summed E-state index contributed by atoms with van der Waals surface area (Å²) in [5.41, 5.74) is 2.30. The lowest BCUT2D eigenvalue weighted by Gasteiger charge is -2.50. The largest absolute Gasteiger partial charge is 0.504 e. The summed E-state index contributed by atoms with van der Waals surface area (Å²) in [5, 5.41) is 11.5. The monoisotopic (exact) mass is 676 g/mol. The molecule has 4 amide bonds. The van der Waals surface area contributed by atoms with Gasteiger partial charge in [-0.1, -0.05) is 42.8 Å². The molecule has 0 bridgehead atoms. The van der Waals surface area contributed by atoms with Gasteiger partial charge in [0.2, 0.25) is 11.8 Å². The minimum Gasteiger partial charge on any atom is -0.504 e. The second-order valence-electron chi connectivity index (χ2n) is 12.4. The van der Waals surface area contributed by atoms with Crippen LogP contribution in [0.1, 0.15) is 43.7 Å². The lowest BCUT2D eigenvalue weighted by atomic mass is 9.56. The van der Waals surface area contributed by atoms with Crippen molar-refractivity contribution in [2.45, 2.75) is 48.8 Å². The Bertz CT molecular complexity index is 1860.